The number of carbonyl (C=O) groups is 1. The minimum Gasteiger partial charge on any atom is -0.481 e. The summed E-state index contributed by atoms with van der Waals surface area (Å²) in [5.41, 5.74) is 3.09. The molecule has 0 fully saturated rings. The minimum absolute atomic E-state index is 0.433. The maximum atomic E-state index is 11.2. The van der Waals surface area contributed by atoms with Gasteiger partial charge in [0.05, 0.1) is 5.69 Å². The summed E-state index contributed by atoms with van der Waals surface area (Å²) in [5.74, 6) is -1.20. The molecule has 0 amide bonds. The van der Waals surface area contributed by atoms with Crippen molar-refractivity contribution in [3.05, 3.63) is 40.4 Å². The summed E-state index contributed by atoms with van der Waals surface area (Å²) >= 11 is 1.58. The molecule has 3 rings (SSSR count). The summed E-state index contributed by atoms with van der Waals surface area (Å²) in [6.07, 6.45) is 3.61. The number of nitrogens with one attached hydrogen (secondary N) is 1. The van der Waals surface area contributed by atoms with Gasteiger partial charge in [-0.1, -0.05) is 31.5 Å². The molecule has 0 saturated carbocycles. The molecule has 1 aromatic heterocycles. The molecule has 0 saturated heterocycles. The molecular formula is C16H18N2O2S. The Kier molecular flexibility index (Phi) is 3.92. The largest absolute Gasteiger partial charge is 0.481 e. The predicted octanol–water partition coefficient (Wildman–Crippen LogP) is 3.95. The Morgan fingerprint density at radius 3 is 3.05 bits per heavy atom. The number of hydrogen-bond donors (Lipinski definition) is 2. The highest BCUT2D eigenvalue weighted by molar-refractivity contribution is 7.15. The summed E-state index contributed by atoms with van der Waals surface area (Å²) in [5, 5.41) is 13.4. The van der Waals surface area contributed by atoms with Crippen LogP contribution in [0.2, 0.25) is 0 Å². The predicted molar refractivity (Wildman–Crippen MR) is 84.5 cm³/mol. The standard InChI is InChI=1S/C16H18N2O2S/c1-2-5-10-6-3-4-7-12(10)17-16-18-14-11(15(19)20)8-9-13(14)21-16/h3-4,6-7,11H,2,5,8-9H2,1H3,(H,17,18)(H,19,20). The maximum Gasteiger partial charge on any atom is 0.312 e. The first-order chi connectivity index (χ1) is 10.2. The molecule has 0 spiro atoms. The molecule has 4 nitrogen and oxygen atoms in total. The monoisotopic (exact) mass is 302 g/mol. The number of aliphatic carboxylic acids is 1. The zero-order valence-electron chi connectivity index (χ0n) is 11.9. The summed E-state index contributed by atoms with van der Waals surface area (Å²) < 4.78 is 0. The van der Waals surface area contributed by atoms with Gasteiger partial charge in [0.15, 0.2) is 5.13 Å². The third-order valence-electron chi connectivity index (χ3n) is 3.79. The molecule has 1 aromatic carbocycles. The zero-order chi connectivity index (χ0) is 14.8. The van der Waals surface area contributed by atoms with Crippen molar-refractivity contribution in [3.63, 3.8) is 0 Å². The number of nitrogens with zero attached hydrogens (tertiary/aromatic N) is 1. The van der Waals surface area contributed by atoms with Gasteiger partial charge in [-0.25, -0.2) is 4.98 Å². The van der Waals surface area contributed by atoms with Crippen LogP contribution < -0.4 is 5.32 Å². The van der Waals surface area contributed by atoms with Gasteiger partial charge >= 0.3 is 5.97 Å². The fraction of sp³-hybridized carbons (Fsp3) is 0.375. The van der Waals surface area contributed by atoms with Crippen LogP contribution in [0.15, 0.2) is 24.3 Å². The summed E-state index contributed by atoms with van der Waals surface area (Å²) in [6.45, 7) is 2.16. The minimum atomic E-state index is -0.767. The lowest BCUT2D eigenvalue weighted by Gasteiger charge is -2.09. The van der Waals surface area contributed by atoms with E-state index >= 15 is 0 Å². The molecule has 2 aromatic rings. The number of fused-ring (bicyclic) bond motifs is 1. The summed E-state index contributed by atoms with van der Waals surface area (Å²) in [6, 6.07) is 8.21. The van der Waals surface area contributed by atoms with Gasteiger partial charge in [0, 0.05) is 10.6 Å². The lowest BCUT2D eigenvalue weighted by molar-refractivity contribution is -0.138. The normalized spacial score (nSPS) is 16.7. The van der Waals surface area contributed by atoms with Crippen molar-refractivity contribution in [1.82, 2.24) is 4.98 Å². The Morgan fingerprint density at radius 2 is 2.29 bits per heavy atom. The molecule has 2 N–H and O–H groups in total. The maximum absolute atomic E-state index is 11.2. The summed E-state index contributed by atoms with van der Waals surface area (Å²) in [7, 11) is 0. The van der Waals surface area contributed by atoms with E-state index in [1.54, 1.807) is 11.3 Å². The lowest BCUT2D eigenvalue weighted by atomic mass is 10.1. The zero-order valence-corrected chi connectivity index (χ0v) is 12.7. The van der Waals surface area contributed by atoms with Gasteiger partial charge < -0.3 is 10.4 Å². The second kappa shape index (κ2) is 5.85. The van der Waals surface area contributed by atoms with Crippen LogP contribution in [0.4, 0.5) is 10.8 Å². The van der Waals surface area contributed by atoms with Crippen molar-refractivity contribution < 1.29 is 9.90 Å². The first kappa shape index (κ1) is 14.1. The summed E-state index contributed by atoms with van der Waals surface area (Å²) in [4.78, 5) is 16.8. The SMILES string of the molecule is CCCc1ccccc1Nc1nc2c(s1)CCC2C(=O)O. The van der Waals surface area contributed by atoms with Crippen LogP contribution in [0.5, 0.6) is 0 Å². The molecule has 5 heteroatoms. The molecule has 0 aliphatic heterocycles. The second-order valence-electron chi connectivity index (χ2n) is 5.29. The highest BCUT2D eigenvalue weighted by Gasteiger charge is 2.32. The van der Waals surface area contributed by atoms with E-state index in [9.17, 15) is 9.90 Å². The Bertz CT molecular complexity index is 666. The quantitative estimate of drug-likeness (QED) is 0.877. The number of hydrogen-bond acceptors (Lipinski definition) is 4. The van der Waals surface area contributed by atoms with Crippen molar-refractivity contribution >= 4 is 28.1 Å². The Morgan fingerprint density at radius 1 is 1.48 bits per heavy atom. The average molecular weight is 302 g/mol. The molecule has 1 atom stereocenters. The van der Waals surface area contributed by atoms with Crippen molar-refractivity contribution in [2.24, 2.45) is 0 Å². The molecule has 110 valence electrons. The topological polar surface area (TPSA) is 62.2 Å². The number of thiazole rings is 1. The van der Waals surface area contributed by atoms with Gasteiger partial charge in [0.2, 0.25) is 0 Å². The lowest BCUT2D eigenvalue weighted by Crippen LogP contribution is -2.08. The van der Waals surface area contributed by atoms with Crippen molar-refractivity contribution in [2.45, 2.75) is 38.5 Å². The first-order valence-electron chi connectivity index (χ1n) is 7.26. The Hall–Kier alpha value is -1.88. The molecule has 1 aliphatic rings. The van der Waals surface area contributed by atoms with Crippen molar-refractivity contribution in [2.75, 3.05) is 5.32 Å². The third kappa shape index (κ3) is 2.78. The second-order valence-corrected chi connectivity index (χ2v) is 6.37. The van der Waals surface area contributed by atoms with Crippen LogP contribution in [-0.4, -0.2) is 16.1 Å². The number of rotatable bonds is 5. The average Bonchev–Trinajstić information content (AvgIpc) is 3.00. The van der Waals surface area contributed by atoms with E-state index in [1.165, 1.54) is 5.56 Å². The van der Waals surface area contributed by atoms with E-state index in [-0.39, 0.29) is 0 Å². The van der Waals surface area contributed by atoms with E-state index in [2.05, 4.69) is 23.3 Å². The molecule has 1 aliphatic carbocycles. The highest BCUT2D eigenvalue weighted by atomic mass is 32.1. The van der Waals surface area contributed by atoms with E-state index in [0.717, 1.165) is 40.7 Å². The van der Waals surface area contributed by atoms with Crippen molar-refractivity contribution in [1.29, 1.82) is 0 Å². The van der Waals surface area contributed by atoms with Crippen LogP contribution in [0, 0.1) is 0 Å². The van der Waals surface area contributed by atoms with Crippen LogP contribution in [0.3, 0.4) is 0 Å². The number of para-hydroxylation sites is 1. The van der Waals surface area contributed by atoms with E-state index in [0.29, 0.717) is 6.42 Å². The van der Waals surface area contributed by atoms with E-state index < -0.39 is 11.9 Å². The molecule has 1 unspecified atom stereocenters. The van der Waals surface area contributed by atoms with Gasteiger partial charge in [0.25, 0.3) is 0 Å². The Labute approximate surface area is 127 Å². The van der Waals surface area contributed by atoms with Gasteiger partial charge in [0.1, 0.15) is 5.92 Å². The third-order valence-corrected chi connectivity index (χ3v) is 4.84. The van der Waals surface area contributed by atoms with Crippen LogP contribution in [0.25, 0.3) is 0 Å². The molecule has 0 bridgehead atoms. The van der Waals surface area contributed by atoms with Crippen LogP contribution in [-0.2, 0) is 17.6 Å². The van der Waals surface area contributed by atoms with Gasteiger partial charge in [-0.05, 0) is 30.9 Å². The fourth-order valence-electron chi connectivity index (χ4n) is 2.77. The molecule has 21 heavy (non-hydrogen) atoms. The van der Waals surface area contributed by atoms with Crippen LogP contribution in [0.1, 0.15) is 41.8 Å². The van der Waals surface area contributed by atoms with Gasteiger partial charge in [-0.15, -0.1) is 11.3 Å². The van der Waals surface area contributed by atoms with Crippen molar-refractivity contribution in [3.8, 4) is 0 Å². The number of benzene rings is 1. The fourth-order valence-corrected chi connectivity index (χ4v) is 3.82. The first-order valence-corrected chi connectivity index (χ1v) is 8.08. The van der Waals surface area contributed by atoms with E-state index in [1.807, 2.05) is 18.2 Å². The molecule has 0 radical (unpaired) electrons. The van der Waals surface area contributed by atoms with E-state index in [4.69, 9.17) is 0 Å². The smallest absolute Gasteiger partial charge is 0.312 e. The molecule has 1 heterocycles. The number of aryl methyl sites for hydroxylation is 2. The number of aromatic nitrogens is 1. The number of carboxylic acids is 1. The highest BCUT2D eigenvalue weighted by Crippen LogP contribution is 2.39. The molecular weight excluding hydrogens is 284 g/mol. The van der Waals surface area contributed by atoms with Gasteiger partial charge in [-0.3, -0.25) is 4.79 Å². The number of carboxylic acid groups (broad SMARTS) is 1. The Balaban J connectivity index is 1.84. The van der Waals surface area contributed by atoms with Gasteiger partial charge in [-0.2, -0.15) is 0 Å². The van der Waals surface area contributed by atoms with Crippen LogP contribution >= 0.6 is 11.3 Å². The number of anilines is 2.